The molecule has 2 N–H and O–H groups in total. The maximum atomic E-state index is 8.83. The van der Waals surface area contributed by atoms with E-state index in [0.29, 0.717) is 12.1 Å². The van der Waals surface area contributed by atoms with Gasteiger partial charge in [0.25, 0.3) is 0 Å². The van der Waals surface area contributed by atoms with E-state index in [1.165, 1.54) is 12.8 Å². The Balaban J connectivity index is 2.10. The maximum Gasteiger partial charge on any atom is 0.0700 e. The number of rotatable bonds is 9. The standard InChI is InChI=1S/C13H28N2O2/c1-3-15(7-5-8-16)11-12(2)14-10-13-6-4-9-17-13/h12-14,16H,3-11H2,1-2H3. The molecule has 0 aliphatic carbocycles. The predicted molar refractivity (Wildman–Crippen MR) is 70.3 cm³/mol. The van der Waals surface area contributed by atoms with Crippen LogP contribution >= 0.6 is 0 Å². The van der Waals surface area contributed by atoms with Crippen LogP contribution in [0.15, 0.2) is 0 Å². The fourth-order valence-corrected chi connectivity index (χ4v) is 2.26. The Labute approximate surface area is 105 Å². The molecule has 17 heavy (non-hydrogen) atoms. The van der Waals surface area contributed by atoms with E-state index in [-0.39, 0.29) is 6.61 Å². The topological polar surface area (TPSA) is 44.7 Å². The molecule has 0 aromatic carbocycles. The number of aliphatic hydroxyl groups excluding tert-OH is 1. The first kappa shape index (κ1) is 14.9. The zero-order chi connectivity index (χ0) is 12.5. The van der Waals surface area contributed by atoms with Gasteiger partial charge in [0, 0.05) is 38.9 Å². The maximum absolute atomic E-state index is 8.83. The van der Waals surface area contributed by atoms with Gasteiger partial charge >= 0.3 is 0 Å². The second kappa shape index (κ2) is 8.86. The Morgan fingerprint density at radius 2 is 2.35 bits per heavy atom. The highest BCUT2D eigenvalue weighted by molar-refractivity contribution is 4.72. The van der Waals surface area contributed by atoms with Crippen molar-refractivity contribution in [1.29, 1.82) is 0 Å². The fraction of sp³-hybridized carbons (Fsp3) is 1.00. The molecule has 2 atom stereocenters. The molecule has 1 rings (SSSR count). The van der Waals surface area contributed by atoms with Crippen LogP contribution in [-0.2, 0) is 4.74 Å². The van der Waals surface area contributed by atoms with Gasteiger partial charge in [0.2, 0.25) is 0 Å². The van der Waals surface area contributed by atoms with E-state index in [2.05, 4.69) is 24.1 Å². The first-order chi connectivity index (χ1) is 8.26. The SMILES string of the molecule is CCN(CCCO)CC(C)NCC1CCCO1. The van der Waals surface area contributed by atoms with Crippen molar-refractivity contribution in [3.8, 4) is 0 Å². The van der Waals surface area contributed by atoms with Crippen molar-refractivity contribution in [3.05, 3.63) is 0 Å². The van der Waals surface area contributed by atoms with Crippen LogP contribution in [0.5, 0.6) is 0 Å². The van der Waals surface area contributed by atoms with Crippen molar-refractivity contribution in [1.82, 2.24) is 10.2 Å². The van der Waals surface area contributed by atoms with Crippen molar-refractivity contribution >= 4 is 0 Å². The first-order valence-electron chi connectivity index (χ1n) is 6.94. The molecule has 0 spiro atoms. The first-order valence-corrected chi connectivity index (χ1v) is 6.94. The van der Waals surface area contributed by atoms with Gasteiger partial charge in [0.15, 0.2) is 0 Å². The average Bonchev–Trinajstić information content (AvgIpc) is 2.85. The summed E-state index contributed by atoms with van der Waals surface area (Å²) in [4.78, 5) is 2.38. The summed E-state index contributed by atoms with van der Waals surface area (Å²) in [5.41, 5.74) is 0. The molecule has 1 aliphatic heterocycles. The molecule has 1 saturated heterocycles. The molecule has 0 bridgehead atoms. The molecule has 1 heterocycles. The second-order valence-corrected chi connectivity index (χ2v) is 4.91. The minimum absolute atomic E-state index is 0.286. The summed E-state index contributed by atoms with van der Waals surface area (Å²) in [5.74, 6) is 0. The number of aliphatic hydroxyl groups is 1. The third-order valence-electron chi connectivity index (χ3n) is 3.33. The average molecular weight is 244 g/mol. The third kappa shape index (κ3) is 6.36. The van der Waals surface area contributed by atoms with Gasteiger partial charge in [0.05, 0.1) is 6.10 Å². The summed E-state index contributed by atoms with van der Waals surface area (Å²) in [6.07, 6.45) is 3.69. The molecule has 0 amide bonds. The molecule has 0 saturated carbocycles. The zero-order valence-electron chi connectivity index (χ0n) is 11.3. The molecule has 1 aliphatic rings. The van der Waals surface area contributed by atoms with E-state index >= 15 is 0 Å². The van der Waals surface area contributed by atoms with Gasteiger partial charge in [-0.2, -0.15) is 0 Å². The summed E-state index contributed by atoms with van der Waals surface area (Å²) < 4.78 is 5.59. The quantitative estimate of drug-likeness (QED) is 0.631. The molecule has 102 valence electrons. The van der Waals surface area contributed by atoms with E-state index in [1.807, 2.05) is 0 Å². The van der Waals surface area contributed by atoms with E-state index < -0.39 is 0 Å². The third-order valence-corrected chi connectivity index (χ3v) is 3.33. The molecule has 4 nitrogen and oxygen atoms in total. The van der Waals surface area contributed by atoms with E-state index in [1.54, 1.807) is 0 Å². The van der Waals surface area contributed by atoms with Crippen LogP contribution in [-0.4, -0.2) is 61.5 Å². The van der Waals surface area contributed by atoms with Crippen molar-refractivity contribution in [2.45, 2.75) is 45.3 Å². The van der Waals surface area contributed by atoms with E-state index in [4.69, 9.17) is 9.84 Å². The smallest absolute Gasteiger partial charge is 0.0700 e. The molecule has 2 unspecified atom stereocenters. The monoisotopic (exact) mass is 244 g/mol. The second-order valence-electron chi connectivity index (χ2n) is 4.91. The molecular weight excluding hydrogens is 216 g/mol. The highest BCUT2D eigenvalue weighted by Gasteiger charge is 2.16. The summed E-state index contributed by atoms with van der Waals surface area (Å²) in [7, 11) is 0. The highest BCUT2D eigenvalue weighted by Crippen LogP contribution is 2.10. The van der Waals surface area contributed by atoms with Crippen LogP contribution in [0, 0.1) is 0 Å². The van der Waals surface area contributed by atoms with Gasteiger partial charge in [-0.25, -0.2) is 0 Å². The molecule has 1 fully saturated rings. The zero-order valence-corrected chi connectivity index (χ0v) is 11.3. The number of ether oxygens (including phenoxy) is 1. The molecule has 0 aromatic heterocycles. The number of hydrogen-bond acceptors (Lipinski definition) is 4. The van der Waals surface area contributed by atoms with Crippen molar-refractivity contribution < 1.29 is 9.84 Å². The van der Waals surface area contributed by atoms with Crippen molar-refractivity contribution in [2.24, 2.45) is 0 Å². The van der Waals surface area contributed by atoms with Gasteiger partial charge in [-0.15, -0.1) is 0 Å². The summed E-state index contributed by atoms with van der Waals surface area (Å²) >= 11 is 0. The minimum atomic E-state index is 0.286. The molecule has 0 aromatic rings. The van der Waals surface area contributed by atoms with Crippen LogP contribution in [0.1, 0.15) is 33.1 Å². The fourth-order valence-electron chi connectivity index (χ4n) is 2.26. The minimum Gasteiger partial charge on any atom is -0.396 e. The summed E-state index contributed by atoms with van der Waals surface area (Å²) in [6, 6.07) is 0.484. The largest absolute Gasteiger partial charge is 0.396 e. The van der Waals surface area contributed by atoms with Gasteiger partial charge in [-0.3, -0.25) is 0 Å². The van der Waals surface area contributed by atoms with Gasteiger partial charge in [0.1, 0.15) is 0 Å². The van der Waals surface area contributed by atoms with Crippen LogP contribution in [0.2, 0.25) is 0 Å². The highest BCUT2D eigenvalue weighted by atomic mass is 16.5. The molecule has 0 radical (unpaired) electrons. The van der Waals surface area contributed by atoms with Crippen LogP contribution in [0.3, 0.4) is 0 Å². The Morgan fingerprint density at radius 3 is 2.94 bits per heavy atom. The Kier molecular flexibility index (Phi) is 7.77. The number of nitrogens with zero attached hydrogens (tertiary/aromatic N) is 1. The Bertz CT molecular complexity index is 184. The van der Waals surface area contributed by atoms with Gasteiger partial charge < -0.3 is 20.1 Å². The van der Waals surface area contributed by atoms with Crippen molar-refractivity contribution in [2.75, 3.05) is 39.4 Å². The number of likely N-dealkylation sites (N-methyl/N-ethyl adjacent to an activating group) is 1. The van der Waals surface area contributed by atoms with Gasteiger partial charge in [-0.05, 0) is 32.7 Å². The number of hydrogen-bond donors (Lipinski definition) is 2. The van der Waals surface area contributed by atoms with Crippen LogP contribution in [0.25, 0.3) is 0 Å². The Hall–Kier alpha value is -0.160. The van der Waals surface area contributed by atoms with Crippen molar-refractivity contribution in [3.63, 3.8) is 0 Å². The molecular formula is C13H28N2O2. The summed E-state index contributed by atoms with van der Waals surface area (Å²) in [6.45, 7) is 9.65. The molecule has 4 heteroatoms. The summed E-state index contributed by atoms with van der Waals surface area (Å²) in [5, 5.41) is 12.4. The van der Waals surface area contributed by atoms with E-state index in [9.17, 15) is 0 Å². The lowest BCUT2D eigenvalue weighted by Gasteiger charge is -2.25. The Morgan fingerprint density at radius 1 is 1.53 bits per heavy atom. The lowest BCUT2D eigenvalue weighted by molar-refractivity contribution is 0.106. The lowest BCUT2D eigenvalue weighted by atomic mass is 10.2. The van der Waals surface area contributed by atoms with E-state index in [0.717, 1.165) is 39.2 Å². The van der Waals surface area contributed by atoms with Crippen LogP contribution in [0.4, 0.5) is 0 Å². The lowest BCUT2D eigenvalue weighted by Crippen LogP contribution is -2.42. The van der Waals surface area contributed by atoms with Crippen LogP contribution < -0.4 is 5.32 Å². The number of nitrogens with one attached hydrogen (secondary N) is 1. The predicted octanol–water partition coefficient (Wildman–Crippen LogP) is 0.848. The normalized spacial score (nSPS) is 22.2. The van der Waals surface area contributed by atoms with Gasteiger partial charge in [-0.1, -0.05) is 6.92 Å².